The number of amides is 2. The average molecular weight is 256 g/mol. The highest BCUT2D eigenvalue weighted by Gasteiger charge is 2.53. The van der Waals surface area contributed by atoms with Crippen LogP contribution in [0.3, 0.4) is 0 Å². The lowest BCUT2D eigenvalue weighted by molar-refractivity contribution is -0.143. The summed E-state index contributed by atoms with van der Waals surface area (Å²) in [6, 6.07) is 11.3. The summed E-state index contributed by atoms with van der Waals surface area (Å²) in [5.74, 6) is -0.585. The summed E-state index contributed by atoms with van der Waals surface area (Å²) >= 11 is 0. The van der Waals surface area contributed by atoms with Crippen molar-refractivity contribution in [2.75, 3.05) is 0 Å². The third-order valence-corrected chi connectivity index (χ3v) is 3.67. The lowest BCUT2D eigenvalue weighted by Gasteiger charge is -2.29. The van der Waals surface area contributed by atoms with Crippen LogP contribution in [0.1, 0.15) is 32.8 Å². The molecule has 2 rings (SSSR count). The Morgan fingerprint density at radius 3 is 2.37 bits per heavy atom. The molecular weight excluding hydrogens is 240 g/mol. The molecule has 0 saturated carbocycles. The van der Waals surface area contributed by atoms with Crippen molar-refractivity contribution < 1.29 is 9.59 Å². The standard InChI is InChI=1S/C15H16N2O2/c1-14(2,10-16)17-12(18)9-15(3,13(17)19)11-7-5-4-6-8-11/h4-8H,9H2,1-3H3. The lowest BCUT2D eigenvalue weighted by Crippen LogP contribution is -2.48. The first kappa shape index (κ1) is 13.3. The Morgan fingerprint density at radius 2 is 1.84 bits per heavy atom. The van der Waals surface area contributed by atoms with Crippen molar-refractivity contribution in [3.8, 4) is 6.07 Å². The molecule has 1 unspecified atom stereocenters. The number of benzene rings is 1. The minimum atomic E-state index is -1.11. The minimum absolute atomic E-state index is 0.112. The number of imide groups is 1. The van der Waals surface area contributed by atoms with Gasteiger partial charge in [-0.1, -0.05) is 30.3 Å². The molecule has 1 aromatic carbocycles. The molecular formula is C15H16N2O2. The Morgan fingerprint density at radius 1 is 1.26 bits per heavy atom. The van der Waals surface area contributed by atoms with Gasteiger partial charge in [0.15, 0.2) is 0 Å². The fourth-order valence-electron chi connectivity index (χ4n) is 2.46. The van der Waals surface area contributed by atoms with E-state index in [-0.39, 0.29) is 18.2 Å². The van der Waals surface area contributed by atoms with E-state index in [9.17, 15) is 9.59 Å². The van der Waals surface area contributed by atoms with Gasteiger partial charge in [0.25, 0.3) is 0 Å². The van der Waals surface area contributed by atoms with Crippen LogP contribution in [-0.4, -0.2) is 22.3 Å². The third kappa shape index (κ3) is 1.91. The zero-order valence-corrected chi connectivity index (χ0v) is 11.3. The van der Waals surface area contributed by atoms with E-state index in [0.717, 1.165) is 10.5 Å². The van der Waals surface area contributed by atoms with Gasteiger partial charge < -0.3 is 0 Å². The Kier molecular flexibility index (Phi) is 2.94. The fraction of sp³-hybridized carbons (Fsp3) is 0.400. The van der Waals surface area contributed by atoms with Crippen LogP contribution in [0.25, 0.3) is 0 Å². The molecule has 4 heteroatoms. The summed E-state index contributed by atoms with van der Waals surface area (Å²) in [4.78, 5) is 25.8. The van der Waals surface area contributed by atoms with E-state index in [1.165, 1.54) is 0 Å². The molecule has 0 radical (unpaired) electrons. The predicted molar refractivity (Wildman–Crippen MR) is 70.0 cm³/mol. The first-order chi connectivity index (χ1) is 8.83. The molecule has 1 aromatic rings. The molecule has 1 aliphatic rings. The molecule has 1 heterocycles. The highest BCUT2D eigenvalue weighted by atomic mass is 16.2. The van der Waals surface area contributed by atoms with E-state index in [1.54, 1.807) is 20.8 Å². The summed E-state index contributed by atoms with van der Waals surface area (Å²) in [5.41, 5.74) is -1.17. The van der Waals surface area contributed by atoms with E-state index >= 15 is 0 Å². The molecule has 4 nitrogen and oxygen atoms in total. The number of likely N-dealkylation sites (tertiary alicyclic amines) is 1. The largest absolute Gasteiger partial charge is 0.274 e. The van der Waals surface area contributed by atoms with Crippen molar-refractivity contribution >= 4 is 11.8 Å². The SMILES string of the molecule is CC1(c2ccccc2)CC(=O)N(C(C)(C)C#N)C1=O. The normalized spacial score (nSPS) is 23.6. The van der Waals surface area contributed by atoms with E-state index in [2.05, 4.69) is 0 Å². The molecule has 1 saturated heterocycles. The van der Waals surface area contributed by atoms with Gasteiger partial charge in [-0.25, -0.2) is 0 Å². The zero-order valence-electron chi connectivity index (χ0n) is 11.3. The summed E-state index contributed by atoms with van der Waals surface area (Å²) in [7, 11) is 0. The van der Waals surface area contributed by atoms with Crippen molar-refractivity contribution in [2.45, 2.75) is 38.1 Å². The van der Waals surface area contributed by atoms with Gasteiger partial charge in [0.2, 0.25) is 11.8 Å². The Labute approximate surface area is 112 Å². The Hall–Kier alpha value is -2.15. The number of rotatable bonds is 2. The maximum atomic E-state index is 12.6. The minimum Gasteiger partial charge on any atom is -0.274 e. The highest BCUT2D eigenvalue weighted by Crippen LogP contribution is 2.39. The molecule has 2 amide bonds. The predicted octanol–water partition coefficient (Wildman–Crippen LogP) is 2.01. The summed E-state index contributed by atoms with van der Waals surface area (Å²) in [6.07, 6.45) is 0.112. The second kappa shape index (κ2) is 4.20. The van der Waals surface area contributed by atoms with Gasteiger partial charge in [-0.05, 0) is 26.3 Å². The molecule has 0 bridgehead atoms. The van der Waals surface area contributed by atoms with Crippen molar-refractivity contribution in [1.82, 2.24) is 4.90 Å². The van der Waals surface area contributed by atoms with Gasteiger partial charge in [-0.2, -0.15) is 5.26 Å². The van der Waals surface area contributed by atoms with Crippen molar-refractivity contribution in [3.63, 3.8) is 0 Å². The first-order valence-electron chi connectivity index (χ1n) is 6.17. The van der Waals surface area contributed by atoms with Crippen LogP contribution in [0.15, 0.2) is 30.3 Å². The number of carbonyl (C=O) groups is 2. The number of nitrogens with zero attached hydrogens (tertiary/aromatic N) is 2. The second-order valence-electron chi connectivity index (χ2n) is 5.58. The van der Waals surface area contributed by atoms with Gasteiger partial charge >= 0.3 is 0 Å². The van der Waals surface area contributed by atoms with Crippen LogP contribution in [0.5, 0.6) is 0 Å². The van der Waals surface area contributed by atoms with E-state index in [0.29, 0.717) is 0 Å². The number of carbonyl (C=O) groups excluding carboxylic acids is 2. The average Bonchev–Trinajstić information content (AvgIpc) is 2.62. The molecule has 1 fully saturated rings. The summed E-state index contributed by atoms with van der Waals surface area (Å²) < 4.78 is 0. The molecule has 1 atom stereocenters. The van der Waals surface area contributed by atoms with Gasteiger partial charge in [-0.15, -0.1) is 0 Å². The second-order valence-corrected chi connectivity index (χ2v) is 5.58. The summed E-state index contributed by atoms with van der Waals surface area (Å²) in [5, 5.41) is 9.13. The fourth-order valence-corrected chi connectivity index (χ4v) is 2.46. The molecule has 0 aromatic heterocycles. The number of nitriles is 1. The van der Waals surface area contributed by atoms with Gasteiger partial charge in [0, 0.05) is 6.42 Å². The molecule has 1 aliphatic heterocycles. The van der Waals surface area contributed by atoms with E-state index < -0.39 is 11.0 Å². The van der Waals surface area contributed by atoms with E-state index in [1.807, 2.05) is 36.4 Å². The third-order valence-electron chi connectivity index (χ3n) is 3.67. The van der Waals surface area contributed by atoms with Crippen molar-refractivity contribution in [1.29, 1.82) is 5.26 Å². The van der Waals surface area contributed by atoms with Crippen LogP contribution < -0.4 is 0 Å². The highest BCUT2D eigenvalue weighted by molar-refractivity contribution is 6.09. The number of hydrogen-bond acceptors (Lipinski definition) is 3. The molecule has 98 valence electrons. The van der Waals surface area contributed by atoms with Crippen LogP contribution in [0, 0.1) is 11.3 Å². The van der Waals surface area contributed by atoms with Crippen LogP contribution >= 0.6 is 0 Å². The van der Waals surface area contributed by atoms with Gasteiger partial charge in [0.1, 0.15) is 5.54 Å². The van der Waals surface area contributed by atoms with E-state index in [4.69, 9.17) is 5.26 Å². The van der Waals surface area contributed by atoms with Crippen molar-refractivity contribution in [3.05, 3.63) is 35.9 Å². The molecule has 0 aliphatic carbocycles. The topological polar surface area (TPSA) is 61.2 Å². The number of hydrogen-bond donors (Lipinski definition) is 0. The monoisotopic (exact) mass is 256 g/mol. The molecule has 0 N–H and O–H groups in total. The Bertz CT molecular complexity index is 572. The molecule has 0 spiro atoms. The zero-order chi connectivity index (χ0) is 14.3. The van der Waals surface area contributed by atoms with Crippen LogP contribution in [-0.2, 0) is 15.0 Å². The maximum Gasteiger partial charge on any atom is 0.241 e. The van der Waals surface area contributed by atoms with Crippen LogP contribution in [0.4, 0.5) is 0 Å². The smallest absolute Gasteiger partial charge is 0.241 e. The van der Waals surface area contributed by atoms with Crippen molar-refractivity contribution in [2.24, 2.45) is 0 Å². The quantitative estimate of drug-likeness (QED) is 0.760. The summed E-state index contributed by atoms with van der Waals surface area (Å²) in [6.45, 7) is 4.93. The Balaban J connectivity index is 2.47. The van der Waals surface area contributed by atoms with Crippen LogP contribution in [0.2, 0.25) is 0 Å². The maximum absolute atomic E-state index is 12.6. The first-order valence-corrected chi connectivity index (χ1v) is 6.17. The molecule has 19 heavy (non-hydrogen) atoms. The lowest BCUT2D eigenvalue weighted by atomic mass is 9.81. The van der Waals surface area contributed by atoms with Gasteiger partial charge in [-0.3, -0.25) is 14.5 Å². The van der Waals surface area contributed by atoms with Gasteiger partial charge in [0.05, 0.1) is 11.5 Å².